The molecule has 0 unspecified atom stereocenters. The molecular formula is C8H11N3O. The zero-order valence-corrected chi connectivity index (χ0v) is 6.95. The van der Waals surface area contributed by atoms with Gasteiger partial charge in [0.1, 0.15) is 0 Å². The van der Waals surface area contributed by atoms with Crippen molar-refractivity contribution in [3.8, 4) is 0 Å². The minimum absolute atomic E-state index is 0.313. The maximum atomic E-state index is 5.86. The van der Waals surface area contributed by atoms with Gasteiger partial charge in [-0.2, -0.15) is 0 Å². The van der Waals surface area contributed by atoms with E-state index in [0.29, 0.717) is 11.8 Å². The van der Waals surface area contributed by atoms with Crippen LogP contribution in [-0.4, -0.2) is 10.2 Å². The summed E-state index contributed by atoms with van der Waals surface area (Å²) in [7, 11) is 0. The van der Waals surface area contributed by atoms with Crippen LogP contribution in [0.2, 0.25) is 0 Å². The van der Waals surface area contributed by atoms with Crippen LogP contribution in [0.4, 0.5) is 0 Å². The first-order valence-electron chi connectivity index (χ1n) is 4.00. The Balaban J connectivity index is 2.24. The van der Waals surface area contributed by atoms with Crippen LogP contribution in [-0.2, 0) is 5.54 Å². The molecule has 0 aliphatic heterocycles. The quantitative estimate of drug-likeness (QED) is 0.711. The van der Waals surface area contributed by atoms with Gasteiger partial charge < -0.3 is 10.2 Å². The summed E-state index contributed by atoms with van der Waals surface area (Å²) in [5.74, 6) is 1.10. The van der Waals surface area contributed by atoms with Crippen LogP contribution in [0.5, 0.6) is 0 Å². The van der Waals surface area contributed by atoms with Crippen molar-refractivity contribution in [3.05, 3.63) is 17.9 Å². The fourth-order valence-electron chi connectivity index (χ4n) is 0.994. The lowest BCUT2D eigenvalue weighted by Crippen LogP contribution is -2.18. The molecule has 0 radical (unpaired) electrons. The molecule has 0 aromatic carbocycles. The molecule has 12 heavy (non-hydrogen) atoms. The van der Waals surface area contributed by atoms with Gasteiger partial charge in [0.25, 0.3) is 0 Å². The molecule has 2 N–H and O–H groups in total. The second kappa shape index (κ2) is 2.42. The largest absolute Gasteiger partial charge is 0.419 e. The molecule has 0 bridgehead atoms. The fourth-order valence-corrected chi connectivity index (χ4v) is 0.994. The zero-order chi connectivity index (χ0) is 8.60. The van der Waals surface area contributed by atoms with Crippen molar-refractivity contribution in [1.29, 1.82) is 0 Å². The van der Waals surface area contributed by atoms with E-state index in [0.717, 1.165) is 12.8 Å². The first kappa shape index (κ1) is 7.49. The molecule has 0 atom stereocenters. The number of allylic oxidation sites excluding steroid dienone is 1. The Bertz CT molecular complexity index is 312. The van der Waals surface area contributed by atoms with Crippen LogP contribution in [0.1, 0.15) is 31.5 Å². The third kappa shape index (κ3) is 1.14. The highest BCUT2D eigenvalue weighted by molar-refractivity contribution is 5.36. The van der Waals surface area contributed by atoms with E-state index in [4.69, 9.17) is 10.2 Å². The van der Waals surface area contributed by atoms with Gasteiger partial charge in [0.15, 0.2) is 0 Å². The molecule has 1 aliphatic rings. The van der Waals surface area contributed by atoms with Gasteiger partial charge in [0.05, 0.1) is 5.54 Å². The summed E-state index contributed by atoms with van der Waals surface area (Å²) in [5, 5.41) is 7.70. The highest BCUT2D eigenvalue weighted by Crippen LogP contribution is 2.41. The lowest BCUT2D eigenvalue weighted by molar-refractivity contribution is 0.434. The highest BCUT2D eigenvalue weighted by Gasteiger charge is 2.45. The molecule has 64 valence electrons. The van der Waals surface area contributed by atoms with Crippen molar-refractivity contribution in [2.75, 3.05) is 0 Å². The number of nitrogens with two attached hydrogens (primary N) is 1. The SMILES string of the molecule is C/C=C/c1nnc(C2(N)CC2)o1. The van der Waals surface area contributed by atoms with Crippen LogP contribution in [0.15, 0.2) is 10.5 Å². The monoisotopic (exact) mass is 165 g/mol. The average molecular weight is 165 g/mol. The van der Waals surface area contributed by atoms with Crippen molar-refractivity contribution < 1.29 is 4.42 Å². The van der Waals surface area contributed by atoms with Crippen LogP contribution >= 0.6 is 0 Å². The van der Waals surface area contributed by atoms with E-state index in [9.17, 15) is 0 Å². The summed E-state index contributed by atoms with van der Waals surface area (Å²) in [6.07, 6.45) is 5.52. The Morgan fingerprint density at radius 2 is 2.25 bits per heavy atom. The van der Waals surface area contributed by atoms with E-state index < -0.39 is 0 Å². The van der Waals surface area contributed by atoms with Gasteiger partial charge >= 0.3 is 0 Å². The molecule has 1 heterocycles. The van der Waals surface area contributed by atoms with Crippen molar-refractivity contribution in [2.24, 2.45) is 5.73 Å². The number of aromatic nitrogens is 2. The van der Waals surface area contributed by atoms with Gasteiger partial charge in [0, 0.05) is 0 Å². The zero-order valence-electron chi connectivity index (χ0n) is 6.95. The molecular weight excluding hydrogens is 154 g/mol. The van der Waals surface area contributed by atoms with Gasteiger partial charge in [0.2, 0.25) is 11.8 Å². The standard InChI is InChI=1S/C8H11N3O/c1-2-3-6-10-11-7(12-6)8(9)4-5-8/h2-3H,4-5,9H2,1H3/b3-2+. The van der Waals surface area contributed by atoms with Crippen LogP contribution in [0.25, 0.3) is 6.08 Å². The summed E-state index contributed by atoms with van der Waals surface area (Å²) in [4.78, 5) is 0. The predicted molar refractivity (Wildman–Crippen MR) is 44.1 cm³/mol. The first-order valence-corrected chi connectivity index (χ1v) is 4.00. The van der Waals surface area contributed by atoms with Crippen LogP contribution < -0.4 is 5.73 Å². The summed E-state index contributed by atoms with van der Waals surface area (Å²) in [5.41, 5.74) is 5.54. The second-order valence-electron chi connectivity index (χ2n) is 3.10. The summed E-state index contributed by atoms with van der Waals surface area (Å²) in [6.45, 7) is 1.90. The Morgan fingerprint density at radius 1 is 1.50 bits per heavy atom. The first-order chi connectivity index (χ1) is 5.74. The number of nitrogens with zero attached hydrogens (tertiary/aromatic N) is 2. The summed E-state index contributed by atoms with van der Waals surface area (Å²) < 4.78 is 5.32. The van der Waals surface area contributed by atoms with E-state index in [1.54, 1.807) is 6.08 Å². The van der Waals surface area contributed by atoms with E-state index >= 15 is 0 Å². The number of hydrogen-bond acceptors (Lipinski definition) is 4. The van der Waals surface area contributed by atoms with Gasteiger partial charge in [-0.3, -0.25) is 0 Å². The van der Waals surface area contributed by atoms with E-state index in [2.05, 4.69) is 10.2 Å². The van der Waals surface area contributed by atoms with Gasteiger partial charge in [-0.25, -0.2) is 0 Å². The summed E-state index contributed by atoms with van der Waals surface area (Å²) >= 11 is 0. The Hall–Kier alpha value is -1.16. The number of rotatable bonds is 2. The second-order valence-corrected chi connectivity index (χ2v) is 3.10. The molecule has 1 fully saturated rings. The van der Waals surface area contributed by atoms with Crippen molar-refractivity contribution in [3.63, 3.8) is 0 Å². The molecule has 4 heteroatoms. The third-order valence-corrected chi connectivity index (χ3v) is 1.96. The minimum atomic E-state index is -0.313. The Morgan fingerprint density at radius 3 is 2.83 bits per heavy atom. The number of hydrogen-bond donors (Lipinski definition) is 1. The smallest absolute Gasteiger partial charge is 0.240 e. The molecule has 0 amide bonds. The maximum Gasteiger partial charge on any atom is 0.240 e. The van der Waals surface area contributed by atoms with Crippen molar-refractivity contribution in [1.82, 2.24) is 10.2 Å². The maximum absolute atomic E-state index is 5.86. The molecule has 1 aromatic heterocycles. The van der Waals surface area contributed by atoms with E-state index in [-0.39, 0.29) is 5.54 Å². The normalized spacial score (nSPS) is 20.2. The molecule has 4 nitrogen and oxygen atoms in total. The lowest BCUT2D eigenvalue weighted by Gasteiger charge is -1.97. The summed E-state index contributed by atoms with van der Waals surface area (Å²) in [6, 6.07) is 0. The predicted octanol–water partition coefficient (Wildman–Crippen LogP) is 1.05. The van der Waals surface area contributed by atoms with E-state index in [1.165, 1.54) is 0 Å². The molecule has 1 aliphatic carbocycles. The Kier molecular flexibility index (Phi) is 1.51. The van der Waals surface area contributed by atoms with Gasteiger partial charge in [-0.15, -0.1) is 10.2 Å². The molecule has 0 saturated heterocycles. The fraction of sp³-hybridized carbons (Fsp3) is 0.500. The molecule has 0 spiro atoms. The van der Waals surface area contributed by atoms with Crippen LogP contribution in [0.3, 0.4) is 0 Å². The van der Waals surface area contributed by atoms with Gasteiger partial charge in [-0.1, -0.05) is 6.08 Å². The Labute approximate surface area is 70.5 Å². The van der Waals surface area contributed by atoms with Crippen molar-refractivity contribution >= 4 is 6.08 Å². The van der Waals surface area contributed by atoms with Gasteiger partial charge in [-0.05, 0) is 25.8 Å². The molecule has 1 saturated carbocycles. The molecule has 2 rings (SSSR count). The highest BCUT2D eigenvalue weighted by atomic mass is 16.4. The average Bonchev–Trinajstić information content (AvgIpc) is 2.64. The van der Waals surface area contributed by atoms with E-state index in [1.807, 2.05) is 13.0 Å². The molecule has 1 aromatic rings. The van der Waals surface area contributed by atoms with Crippen molar-refractivity contribution in [2.45, 2.75) is 25.3 Å². The minimum Gasteiger partial charge on any atom is -0.419 e. The van der Waals surface area contributed by atoms with Crippen LogP contribution in [0, 0.1) is 0 Å². The third-order valence-electron chi connectivity index (χ3n) is 1.96. The topological polar surface area (TPSA) is 64.9 Å². The lowest BCUT2D eigenvalue weighted by atomic mass is 10.3.